The number of halogens is 5. The first kappa shape index (κ1) is 82.5. The van der Waals surface area contributed by atoms with Gasteiger partial charge in [0, 0.05) is 89.2 Å². The number of nitrogens with one attached hydrogen (secondary N) is 1. The Hall–Kier alpha value is -6.42. The molecule has 0 unspecified atom stereocenters. The van der Waals surface area contributed by atoms with E-state index in [4.69, 9.17) is 51.5 Å². The van der Waals surface area contributed by atoms with E-state index < -0.39 is 31.7 Å². The predicted molar refractivity (Wildman–Crippen MR) is 410 cm³/mol. The Labute approximate surface area is 635 Å². The average molecular weight is 1510 g/mol. The predicted octanol–water partition coefficient (Wildman–Crippen LogP) is 16.4. The van der Waals surface area contributed by atoms with Crippen molar-refractivity contribution in [1.82, 2.24) is 0 Å². The van der Waals surface area contributed by atoms with Crippen molar-refractivity contribution in [3.8, 4) is 6.07 Å². The summed E-state index contributed by atoms with van der Waals surface area (Å²) in [7, 11) is -8.03. The number of Topliss-reactive ketones (excluding diaryl/α,β-unsaturated/α-hetero) is 2. The third-order valence-corrected chi connectivity index (χ3v) is 23.5. The van der Waals surface area contributed by atoms with E-state index in [1.54, 1.807) is 22.9 Å². The number of thiophene rings is 2. The molecule has 2 aromatic heterocycles. The van der Waals surface area contributed by atoms with Gasteiger partial charge in [0.25, 0.3) is 10.0 Å². The molecule has 100 heavy (non-hydrogen) atoms. The van der Waals surface area contributed by atoms with Crippen LogP contribution in [0.5, 0.6) is 0 Å². The van der Waals surface area contributed by atoms with Gasteiger partial charge in [-0.15, -0.1) is 28.4 Å². The van der Waals surface area contributed by atoms with Gasteiger partial charge < -0.3 is 35.8 Å². The van der Waals surface area contributed by atoms with E-state index in [1.165, 1.54) is 92.0 Å². The number of benzene rings is 6. The van der Waals surface area contributed by atoms with E-state index in [-0.39, 0.29) is 87.4 Å². The van der Waals surface area contributed by atoms with E-state index in [0.29, 0.717) is 14.9 Å². The molecule has 0 atom stereocenters. The Kier molecular flexibility index (Phi) is 30.7. The molecule has 12 rings (SSSR count). The molecule has 0 aliphatic carbocycles. The normalized spacial score (nSPS) is 14.0. The minimum absolute atomic E-state index is 0. The number of nitriles is 1. The number of hydrogen-bond donors (Lipinski definition) is 3. The molecule has 25 heteroatoms. The third kappa shape index (κ3) is 20.3. The number of carbonyl (C=O) groups is 2. The maximum absolute atomic E-state index is 13.3. The van der Waals surface area contributed by atoms with Gasteiger partial charge >= 0.3 is 29.6 Å². The first-order valence-electron chi connectivity index (χ1n) is 32.6. The molecule has 0 spiro atoms. The van der Waals surface area contributed by atoms with Crippen LogP contribution in [0.25, 0.3) is 4.72 Å². The maximum atomic E-state index is 13.3. The molecular formula is C75H89Cl3F2N9NaO6S4. The van der Waals surface area contributed by atoms with Crippen LogP contribution in [0.15, 0.2) is 112 Å². The number of anilines is 7. The number of nitrogens with zero attached hydrogens (tertiary/aromatic N) is 6. The van der Waals surface area contributed by atoms with Crippen LogP contribution in [0, 0.1) is 78.4 Å². The summed E-state index contributed by atoms with van der Waals surface area (Å²) in [5.74, 6) is -1.45. The quantitative estimate of drug-likeness (QED) is 0.0466. The van der Waals surface area contributed by atoms with Gasteiger partial charge in [0.05, 0.1) is 63.4 Å². The zero-order valence-electron chi connectivity index (χ0n) is 57.9. The monoisotopic (exact) mass is 1510 g/mol. The van der Waals surface area contributed by atoms with Gasteiger partial charge in [-0.2, -0.15) is 5.26 Å². The first-order chi connectivity index (χ1) is 46.6. The van der Waals surface area contributed by atoms with Crippen molar-refractivity contribution < 1.29 is 64.8 Å². The smallest absolute Gasteiger partial charge is 0.571 e. The number of ketones is 2. The molecule has 4 saturated heterocycles. The standard InChI is InChI=1S/2C24H24ClFN2O3S2.C12H17ClN2.C12H18N2.C2H3N.CH4.Na/c2*1-15-13-20(25)23(28-10-3-4-11-28)16(2)19(15)14-22(29)24-21(9-12-32-24)27-33(30,31)18-7-5-17(26)6-8-18;1-8-7-10(13)12(9(2)11(8)14)15-5-3-4-6-15;1-9-5-6-11(10(2)12(9)13)14-7-3-4-8-14;1-2-3;;/h5-9,12-13H,3-4,10-11,14H2,1-2H3,(H,27,29);5-9,12-13,27H,3-4,10-11,14H2,1-2H3;7H,3-6,14H2,1-2H3;5-6H,3-4,7-8,13H2,1-2H3;1H3;1H4;/q;;;;;;+1/p-1. The van der Waals surface area contributed by atoms with Crippen LogP contribution in [-0.4, -0.2) is 80.8 Å². The summed E-state index contributed by atoms with van der Waals surface area (Å²) in [6.45, 7) is 25.8. The molecule has 0 bridgehead atoms. The SMILES string of the molecule is C.CC#N.Cc1cc(Cl)c(N2CCCC2)c(C)c1CC(=O)c1sccc1NS(=O)(=O)c1ccc(F)cc1.Cc1cc(Cl)c(N2CCCC2)c(C)c1CC(=O)c1sccc1[N-]S(=O)(=O)c1ccc(F)cc1.Cc1cc(Cl)c(N2CCCC2)c(C)c1N.Cc1ccc(N2CCCC2)c(C)c1N.[Na+]. The molecule has 0 radical (unpaired) electrons. The van der Waals surface area contributed by atoms with Crippen LogP contribution in [0.1, 0.15) is 141 Å². The zero-order chi connectivity index (χ0) is 71.3. The summed E-state index contributed by atoms with van der Waals surface area (Å²) in [5.41, 5.74) is 28.9. The Balaban J connectivity index is 0.000000219. The van der Waals surface area contributed by atoms with Crippen molar-refractivity contribution >= 4 is 135 Å². The molecule has 15 nitrogen and oxygen atoms in total. The van der Waals surface area contributed by atoms with Crippen molar-refractivity contribution in [2.45, 2.75) is 144 Å². The maximum Gasteiger partial charge on any atom is 1.00 e. The third-order valence-electron chi connectivity index (χ3n) is 18.1. The Bertz CT molecular complexity index is 4250. The van der Waals surface area contributed by atoms with Crippen LogP contribution in [0.3, 0.4) is 0 Å². The fourth-order valence-electron chi connectivity index (χ4n) is 12.8. The molecule has 5 N–H and O–H groups in total. The zero-order valence-corrected chi connectivity index (χ0v) is 65.4. The molecule has 4 aliphatic heterocycles. The van der Waals surface area contributed by atoms with E-state index in [1.807, 2.05) is 52.8 Å². The van der Waals surface area contributed by atoms with Gasteiger partial charge in [-0.3, -0.25) is 14.3 Å². The number of hydrogen-bond acceptors (Lipinski definition) is 15. The number of nitrogen functional groups attached to an aromatic ring is 2. The van der Waals surface area contributed by atoms with E-state index in [0.717, 1.165) is 191 Å². The molecule has 6 heterocycles. The van der Waals surface area contributed by atoms with E-state index in [2.05, 4.69) is 61.9 Å². The van der Waals surface area contributed by atoms with Crippen molar-refractivity contribution in [1.29, 1.82) is 5.26 Å². The molecule has 8 aromatic rings. The van der Waals surface area contributed by atoms with Gasteiger partial charge in [0.1, 0.15) is 21.7 Å². The molecular weight excluding hydrogens is 1420 g/mol. The topological polar surface area (TPSA) is 217 Å². The summed E-state index contributed by atoms with van der Waals surface area (Å²) in [4.78, 5) is 36.2. The summed E-state index contributed by atoms with van der Waals surface area (Å²) >= 11 is 21.8. The fraction of sp³-hybridized carbons (Fsp3) is 0.373. The minimum atomic E-state index is -4.08. The summed E-state index contributed by atoms with van der Waals surface area (Å²) in [6.07, 6.45) is 9.85. The van der Waals surface area contributed by atoms with Crippen LogP contribution in [0.4, 0.5) is 54.3 Å². The van der Waals surface area contributed by atoms with Gasteiger partial charge in [-0.1, -0.05) is 54.4 Å². The van der Waals surface area contributed by atoms with Gasteiger partial charge in [0.2, 0.25) is 0 Å². The molecule has 0 saturated carbocycles. The van der Waals surface area contributed by atoms with Crippen LogP contribution < -0.4 is 65.3 Å². The second-order valence-electron chi connectivity index (χ2n) is 24.8. The van der Waals surface area contributed by atoms with Gasteiger partial charge in [-0.25, -0.2) is 25.6 Å². The first-order valence-corrected chi connectivity index (χ1v) is 38.4. The number of rotatable bonds is 16. The second kappa shape index (κ2) is 37.1. The van der Waals surface area contributed by atoms with Crippen LogP contribution in [0.2, 0.25) is 15.1 Å². The summed E-state index contributed by atoms with van der Waals surface area (Å²) < 4.78 is 83.5. The summed E-state index contributed by atoms with van der Waals surface area (Å²) in [6, 6.07) is 23.9. The largest absolute Gasteiger partial charge is 1.00 e. The van der Waals surface area contributed by atoms with Gasteiger partial charge in [-0.05, 0) is 252 Å². The number of nitrogens with two attached hydrogens (primary N) is 2. The van der Waals surface area contributed by atoms with E-state index >= 15 is 0 Å². The summed E-state index contributed by atoms with van der Waals surface area (Å²) in [5, 5.41) is 12.8. The number of sulfonamides is 2. The Morgan fingerprint density at radius 3 is 1.35 bits per heavy atom. The van der Waals surface area contributed by atoms with Crippen molar-refractivity contribution in [2.75, 3.05) is 88.1 Å². The molecule has 6 aromatic carbocycles. The number of carbonyl (C=O) groups excluding carboxylic acids is 2. The molecule has 0 amide bonds. The van der Waals surface area contributed by atoms with Crippen molar-refractivity contribution in [3.63, 3.8) is 0 Å². The molecule has 4 aliphatic rings. The second-order valence-corrected chi connectivity index (χ2v) is 31.2. The van der Waals surface area contributed by atoms with Crippen LogP contribution >= 0.6 is 57.5 Å². The molecule has 530 valence electrons. The fourth-order valence-corrected chi connectivity index (χ4v) is 17.9. The minimum Gasteiger partial charge on any atom is -0.571 e. The number of aryl methyl sites for hydroxylation is 4. The average Bonchev–Trinajstić information content (AvgIpc) is 1.04. The van der Waals surface area contributed by atoms with Crippen molar-refractivity contribution in [2.24, 2.45) is 0 Å². The van der Waals surface area contributed by atoms with Gasteiger partial charge in [0.15, 0.2) is 11.6 Å². The Morgan fingerprint density at radius 1 is 0.530 bits per heavy atom. The van der Waals surface area contributed by atoms with Crippen molar-refractivity contribution in [3.05, 3.63) is 199 Å². The Morgan fingerprint density at radius 2 is 0.900 bits per heavy atom. The van der Waals surface area contributed by atoms with E-state index in [9.17, 15) is 35.2 Å². The van der Waals surface area contributed by atoms with Crippen LogP contribution in [-0.2, 0) is 32.9 Å². The molecule has 4 fully saturated rings.